The van der Waals surface area contributed by atoms with E-state index in [1.54, 1.807) is 48.7 Å². The molecule has 0 fully saturated rings. The third kappa shape index (κ3) is 7.61. The smallest absolute Gasteiger partial charge is 0.411 e. The van der Waals surface area contributed by atoms with Crippen LogP contribution in [0.15, 0.2) is 55.0 Å². The molecule has 43 heavy (non-hydrogen) atoms. The molecule has 0 saturated heterocycles. The molecule has 2 bridgehead atoms. The normalized spacial score (nSPS) is 15.7. The van der Waals surface area contributed by atoms with Gasteiger partial charge in [-0.25, -0.2) is 9.78 Å². The molecule has 0 unspecified atom stereocenters. The van der Waals surface area contributed by atoms with E-state index in [9.17, 15) is 14.4 Å². The van der Waals surface area contributed by atoms with Crippen molar-refractivity contribution >= 4 is 47.0 Å². The number of ether oxygens (including phenoxy) is 2. The van der Waals surface area contributed by atoms with Crippen molar-refractivity contribution in [1.82, 2.24) is 35.5 Å². The van der Waals surface area contributed by atoms with Crippen molar-refractivity contribution in [2.75, 3.05) is 31.0 Å². The number of carbonyl (C=O) groups excluding carboxylic acids is 3. The first kappa shape index (κ1) is 29.4. The summed E-state index contributed by atoms with van der Waals surface area (Å²) in [5, 5.41) is 20.2. The molecular formula is C28H28ClN9O5. The monoisotopic (exact) mass is 605 g/mol. The van der Waals surface area contributed by atoms with Crippen LogP contribution in [0.1, 0.15) is 36.7 Å². The summed E-state index contributed by atoms with van der Waals surface area (Å²) in [6.07, 6.45) is 6.95. The van der Waals surface area contributed by atoms with Gasteiger partial charge in [-0.2, -0.15) is 4.68 Å². The summed E-state index contributed by atoms with van der Waals surface area (Å²) in [4.78, 5) is 45.2. The number of methoxy groups -OCH3 is 1. The fraction of sp³-hybridized carbons (Fsp3) is 0.250. The number of tetrazole rings is 1. The molecule has 0 spiro atoms. The highest BCUT2D eigenvalue weighted by molar-refractivity contribution is 6.30. The van der Waals surface area contributed by atoms with Crippen molar-refractivity contribution < 1.29 is 23.9 Å². The molecule has 0 saturated carbocycles. The fourth-order valence-corrected chi connectivity index (χ4v) is 4.58. The number of benzene rings is 2. The van der Waals surface area contributed by atoms with E-state index in [2.05, 4.69) is 46.2 Å². The highest BCUT2D eigenvalue weighted by atomic mass is 35.5. The van der Waals surface area contributed by atoms with Crippen molar-refractivity contribution in [1.29, 1.82) is 0 Å². The summed E-state index contributed by atoms with van der Waals surface area (Å²) in [5.41, 5.74) is 3.43. The van der Waals surface area contributed by atoms with Crippen LogP contribution in [0.25, 0.3) is 23.0 Å². The maximum absolute atomic E-state index is 13.1. The molecule has 0 radical (unpaired) electrons. The van der Waals surface area contributed by atoms with Crippen molar-refractivity contribution in [3.05, 3.63) is 71.4 Å². The first-order valence-corrected chi connectivity index (χ1v) is 13.7. The molecule has 0 aliphatic carbocycles. The van der Waals surface area contributed by atoms with E-state index >= 15 is 0 Å². The van der Waals surface area contributed by atoms with Gasteiger partial charge in [-0.1, -0.05) is 11.6 Å². The third-order valence-corrected chi connectivity index (χ3v) is 6.72. The van der Waals surface area contributed by atoms with Gasteiger partial charge in [-0.3, -0.25) is 14.9 Å². The number of aromatic nitrogens is 6. The SMILES string of the molecule is COC(=O)Nc1ccc2c(c1)NC(=O)CCCCOC[C@H](NC(=O)C=Cc1cc(Cl)ccc1-n1cnnn1)c1ncc-2[nH]1. The van der Waals surface area contributed by atoms with Crippen molar-refractivity contribution in [3.63, 3.8) is 0 Å². The van der Waals surface area contributed by atoms with Crippen LogP contribution in [0.3, 0.4) is 0 Å². The summed E-state index contributed by atoms with van der Waals surface area (Å²) in [6.45, 7) is 0.547. The number of carbonyl (C=O) groups is 3. The molecule has 2 aromatic carbocycles. The minimum Gasteiger partial charge on any atom is -0.453 e. The van der Waals surface area contributed by atoms with E-state index in [0.717, 1.165) is 0 Å². The minimum atomic E-state index is -0.634. The molecular weight excluding hydrogens is 578 g/mol. The molecule has 14 nitrogen and oxygen atoms in total. The third-order valence-electron chi connectivity index (χ3n) is 6.48. The van der Waals surface area contributed by atoms with Crippen molar-refractivity contribution in [3.8, 4) is 16.9 Å². The van der Waals surface area contributed by atoms with E-state index in [1.165, 1.54) is 24.2 Å². The Morgan fingerprint density at radius 3 is 2.91 bits per heavy atom. The van der Waals surface area contributed by atoms with Crippen LogP contribution in [-0.4, -0.2) is 68.4 Å². The maximum atomic E-state index is 13.1. The number of aromatic amines is 1. The van der Waals surface area contributed by atoms with Gasteiger partial charge in [0.2, 0.25) is 11.8 Å². The predicted octanol–water partition coefficient (Wildman–Crippen LogP) is 3.89. The Morgan fingerprint density at radius 2 is 2.09 bits per heavy atom. The number of nitrogens with zero attached hydrogens (tertiary/aromatic N) is 5. The second-order valence-electron chi connectivity index (χ2n) is 9.49. The Morgan fingerprint density at radius 1 is 1.21 bits per heavy atom. The van der Waals surface area contributed by atoms with E-state index < -0.39 is 12.1 Å². The van der Waals surface area contributed by atoms with Crippen LogP contribution in [0.5, 0.6) is 0 Å². The average Bonchev–Trinajstić information content (AvgIpc) is 3.70. The summed E-state index contributed by atoms with van der Waals surface area (Å²) in [7, 11) is 1.27. The van der Waals surface area contributed by atoms with Gasteiger partial charge in [0.25, 0.3) is 0 Å². The Hall–Kier alpha value is -5.08. The van der Waals surface area contributed by atoms with Crippen LogP contribution in [0.4, 0.5) is 16.2 Å². The summed E-state index contributed by atoms with van der Waals surface area (Å²) < 4.78 is 12.0. The Balaban J connectivity index is 1.40. The number of anilines is 2. The first-order valence-electron chi connectivity index (χ1n) is 13.3. The molecule has 15 heteroatoms. The van der Waals surface area contributed by atoms with Gasteiger partial charge in [0.05, 0.1) is 37.0 Å². The largest absolute Gasteiger partial charge is 0.453 e. The molecule has 1 atom stereocenters. The number of imidazole rings is 1. The quantitative estimate of drug-likeness (QED) is 0.246. The summed E-state index contributed by atoms with van der Waals surface area (Å²) in [6, 6.07) is 9.61. The van der Waals surface area contributed by atoms with Crippen LogP contribution < -0.4 is 16.0 Å². The number of hydrogen-bond donors (Lipinski definition) is 4. The van der Waals surface area contributed by atoms with Gasteiger partial charge in [-0.05, 0) is 65.7 Å². The molecule has 1 aliphatic heterocycles. The lowest BCUT2D eigenvalue weighted by molar-refractivity contribution is -0.118. The second-order valence-corrected chi connectivity index (χ2v) is 9.93. The standard InChI is InChI=1S/C28H28ClN9O5/c1-42-28(41)32-19-7-8-20-21(13-19)33-25(39)4-2-3-11-43-15-23(27-30-14-22(20)35-27)34-26(40)10-5-17-12-18(29)6-9-24(17)38-16-31-36-37-38/h5-10,12-14,16,23H,2-4,11,15H2,1H3,(H,30,35)(H,32,41)(H,33,39)(H,34,40)/t23-/m0/s1. The Kier molecular flexibility index (Phi) is 9.39. The van der Waals surface area contributed by atoms with Gasteiger partial charge in [0, 0.05) is 40.9 Å². The highest BCUT2D eigenvalue weighted by Crippen LogP contribution is 2.31. The topological polar surface area (TPSA) is 178 Å². The number of halogens is 1. The van der Waals surface area contributed by atoms with Crippen LogP contribution in [0.2, 0.25) is 5.02 Å². The van der Waals surface area contributed by atoms with E-state index in [1.807, 2.05) is 0 Å². The van der Waals surface area contributed by atoms with Crippen molar-refractivity contribution in [2.24, 2.45) is 0 Å². The molecule has 3 amide bonds. The second kappa shape index (κ2) is 13.7. The number of amides is 3. The fourth-order valence-electron chi connectivity index (χ4n) is 4.40. The van der Waals surface area contributed by atoms with E-state index in [4.69, 9.17) is 16.3 Å². The zero-order valence-corrected chi connectivity index (χ0v) is 23.8. The van der Waals surface area contributed by atoms with Gasteiger partial charge in [-0.15, -0.1) is 5.10 Å². The van der Waals surface area contributed by atoms with Gasteiger partial charge in [0.15, 0.2) is 0 Å². The Labute approximate surface area is 250 Å². The molecule has 5 rings (SSSR count). The molecule has 222 valence electrons. The molecule has 2 aromatic heterocycles. The minimum absolute atomic E-state index is 0.153. The van der Waals surface area contributed by atoms with Crippen LogP contribution in [0, 0.1) is 0 Å². The highest BCUT2D eigenvalue weighted by Gasteiger charge is 2.20. The van der Waals surface area contributed by atoms with Crippen LogP contribution in [-0.2, 0) is 19.1 Å². The van der Waals surface area contributed by atoms with Crippen LogP contribution >= 0.6 is 11.6 Å². The zero-order valence-electron chi connectivity index (χ0n) is 23.0. The molecule has 4 aromatic rings. The van der Waals surface area contributed by atoms with E-state index in [0.29, 0.717) is 64.2 Å². The lowest BCUT2D eigenvalue weighted by Gasteiger charge is -2.17. The first-order chi connectivity index (χ1) is 20.9. The molecule has 4 N–H and O–H groups in total. The van der Waals surface area contributed by atoms with Gasteiger partial charge < -0.3 is 25.1 Å². The predicted molar refractivity (Wildman–Crippen MR) is 157 cm³/mol. The number of rotatable bonds is 5. The number of hydrogen-bond acceptors (Lipinski definition) is 9. The lowest BCUT2D eigenvalue weighted by Crippen LogP contribution is -2.31. The maximum Gasteiger partial charge on any atom is 0.411 e. The molecule has 1 aliphatic rings. The zero-order chi connectivity index (χ0) is 30.2. The summed E-state index contributed by atoms with van der Waals surface area (Å²) >= 11 is 6.19. The van der Waals surface area contributed by atoms with Crippen molar-refractivity contribution in [2.45, 2.75) is 25.3 Å². The van der Waals surface area contributed by atoms with Gasteiger partial charge >= 0.3 is 6.09 Å². The summed E-state index contributed by atoms with van der Waals surface area (Å²) in [5.74, 6) is -0.102. The number of H-pyrrole nitrogens is 1. The average molecular weight is 606 g/mol. The lowest BCUT2D eigenvalue weighted by atomic mass is 10.1. The number of fused-ring (bicyclic) bond motifs is 4. The van der Waals surface area contributed by atoms with Gasteiger partial charge in [0.1, 0.15) is 18.2 Å². The Bertz CT molecular complexity index is 1640. The molecule has 3 heterocycles. The number of nitrogens with one attached hydrogen (secondary N) is 4. The van der Waals surface area contributed by atoms with E-state index in [-0.39, 0.29) is 24.8 Å².